The van der Waals surface area contributed by atoms with E-state index >= 15 is 0 Å². The van der Waals surface area contributed by atoms with Crippen LogP contribution in [0.15, 0.2) is 66.2 Å². The van der Waals surface area contributed by atoms with Gasteiger partial charge in [0, 0.05) is 13.2 Å². The van der Waals surface area contributed by atoms with Crippen LogP contribution in [-0.2, 0) is 14.3 Å². The number of likely N-dealkylation sites (tertiary alicyclic amines) is 1. The molecule has 2 saturated heterocycles. The highest BCUT2D eigenvalue weighted by Crippen LogP contribution is 2.43. The summed E-state index contributed by atoms with van der Waals surface area (Å²) in [6.07, 6.45) is 1.47. The lowest BCUT2D eigenvalue weighted by Crippen LogP contribution is -2.36. The highest BCUT2D eigenvalue weighted by atomic mass is 19.1. The van der Waals surface area contributed by atoms with Crippen molar-refractivity contribution >= 4 is 28.2 Å². The smallest absolute Gasteiger partial charge is 0.295 e. The van der Waals surface area contributed by atoms with Crippen LogP contribution in [0.4, 0.5) is 4.39 Å². The summed E-state index contributed by atoms with van der Waals surface area (Å²) in [6, 6.07) is 16.1. The predicted octanol–water partition coefficient (Wildman–Crippen LogP) is 4.59. The molecule has 174 valence electrons. The fourth-order valence-electron chi connectivity index (χ4n) is 4.90. The van der Waals surface area contributed by atoms with Gasteiger partial charge in [-0.25, -0.2) is 4.39 Å². The summed E-state index contributed by atoms with van der Waals surface area (Å²) < 4.78 is 25.2. The zero-order chi connectivity index (χ0) is 23.8. The normalized spacial score (nSPS) is 22.0. The number of ether oxygens (including phenoxy) is 2. The molecule has 2 heterocycles. The first-order valence-electron chi connectivity index (χ1n) is 11.2. The molecular weight excluding hydrogens is 437 g/mol. The van der Waals surface area contributed by atoms with E-state index in [1.807, 2.05) is 42.5 Å². The number of nitrogens with zero attached hydrogens (tertiary/aromatic N) is 1. The highest BCUT2D eigenvalue weighted by molar-refractivity contribution is 6.46. The van der Waals surface area contributed by atoms with Crippen molar-refractivity contribution < 1.29 is 28.6 Å². The molecule has 2 aliphatic rings. The molecule has 7 heteroatoms. The van der Waals surface area contributed by atoms with Gasteiger partial charge in [-0.2, -0.15) is 0 Å². The summed E-state index contributed by atoms with van der Waals surface area (Å²) >= 11 is 0. The van der Waals surface area contributed by atoms with E-state index in [0.29, 0.717) is 12.2 Å². The first-order valence-corrected chi connectivity index (χ1v) is 11.2. The number of fused-ring (bicyclic) bond motifs is 1. The number of hydrogen-bond donors (Lipinski definition) is 1. The maximum atomic E-state index is 14.1. The molecule has 1 amide bonds. The second kappa shape index (κ2) is 8.91. The second-order valence-electron chi connectivity index (χ2n) is 8.50. The summed E-state index contributed by atoms with van der Waals surface area (Å²) in [6.45, 7) is 0.823. The second-order valence-corrected chi connectivity index (χ2v) is 8.50. The maximum absolute atomic E-state index is 14.1. The van der Waals surface area contributed by atoms with Crippen LogP contribution < -0.4 is 4.74 Å². The summed E-state index contributed by atoms with van der Waals surface area (Å²) in [5, 5.41) is 13.1. The van der Waals surface area contributed by atoms with Gasteiger partial charge in [0.1, 0.15) is 17.3 Å². The van der Waals surface area contributed by atoms with E-state index in [-0.39, 0.29) is 29.5 Å². The first-order chi connectivity index (χ1) is 16.5. The largest absolute Gasteiger partial charge is 0.507 e. The molecular formula is C27H24FNO5. The Hall–Kier alpha value is -3.71. The highest BCUT2D eigenvalue weighted by Gasteiger charge is 2.47. The zero-order valence-corrected chi connectivity index (χ0v) is 18.7. The number of aliphatic hydroxyl groups excluding tert-OH is 1. The van der Waals surface area contributed by atoms with Gasteiger partial charge < -0.3 is 19.5 Å². The number of carbonyl (C=O) groups is 2. The van der Waals surface area contributed by atoms with Gasteiger partial charge in [0.2, 0.25) is 0 Å². The van der Waals surface area contributed by atoms with Crippen molar-refractivity contribution in [2.45, 2.75) is 25.0 Å². The lowest BCUT2D eigenvalue weighted by molar-refractivity contribution is -0.140. The summed E-state index contributed by atoms with van der Waals surface area (Å²) in [7, 11) is 1.39. The van der Waals surface area contributed by atoms with E-state index in [9.17, 15) is 19.1 Å². The summed E-state index contributed by atoms with van der Waals surface area (Å²) in [4.78, 5) is 28.0. The van der Waals surface area contributed by atoms with Crippen LogP contribution in [0.1, 0.15) is 30.0 Å². The number of amides is 1. The van der Waals surface area contributed by atoms with E-state index in [2.05, 4.69) is 0 Å². The molecule has 0 radical (unpaired) electrons. The van der Waals surface area contributed by atoms with E-state index in [1.165, 1.54) is 24.1 Å². The molecule has 3 aromatic carbocycles. The van der Waals surface area contributed by atoms with Crippen molar-refractivity contribution in [3.05, 3.63) is 83.2 Å². The van der Waals surface area contributed by atoms with Crippen molar-refractivity contribution in [1.29, 1.82) is 0 Å². The standard InChI is InChI=1S/C27H24FNO5/c1-33-22-12-11-17(28)14-21(22)25(30)23-24(20-10-4-7-16-6-2-3-9-19(16)20)29(27(32)26(23)31)15-18-8-5-13-34-18/h2-4,6-7,9-12,14,18,24,30H,5,8,13,15H2,1H3/b25-23+. The van der Waals surface area contributed by atoms with Gasteiger partial charge in [0.25, 0.3) is 11.7 Å². The molecule has 1 N–H and O–H groups in total. The minimum atomic E-state index is -0.858. The van der Waals surface area contributed by atoms with Gasteiger partial charge in [-0.1, -0.05) is 42.5 Å². The maximum Gasteiger partial charge on any atom is 0.295 e. The molecule has 0 aliphatic carbocycles. The molecule has 6 nitrogen and oxygen atoms in total. The number of methoxy groups -OCH3 is 1. The van der Waals surface area contributed by atoms with Crippen LogP contribution in [0.25, 0.3) is 16.5 Å². The Balaban J connectivity index is 1.74. The third-order valence-electron chi connectivity index (χ3n) is 6.50. The van der Waals surface area contributed by atoms with Crippen LogP contribution in [0.3, 0.4) is 0 Å². The summed E-state index contributed by atoms with van der Waals surface area (Å²) in [5.41, 5.74) is 0.623. The number of carbonyl (C=O) groups excluding carboxylic acids is 2. The third kappa shape index (κ3) is 3.72. The molecule has 2 unspecified atom stereocenters. The van der Waals surface area contributed by atoms with Crippen molar-refractivity contribution in [3.63, 3.8) is 0 Å². The predicted molar refractivity (Wildman–Crippen MR) is 125 cm³/mol. The Morgan fingerprint density at radius 3 is 2.71 bits per heavy atom. The number of aliphatic hydroxyl groups is 1. The van der Waals surface area contributed by atoms with Crippen molar-refractivity contribution in [3.8, 4) is 5.75 Å². The SMILES string of the molecule is COc1ccc(F)cc1/C(O)=C1\C(=O)C(=O)N(CC2CCCO2)C1c1cccc2ccccc12. The number of rotatable bonds is 5. The average Bonchev–Trinajstić information content (AvgIpc) is 3.45. The molecule has 5 rings (SSSR count). The molecule has 2 atom stereocenters. The number of halogens is 1. The van der Waals surface area contributed by atoms with Crippen molar-refractivity contribution in [2.75, 3.05) is 20.3 Å². The quantitative estimate of drug-likeness (QED) is 0.342. The van der Waals surface area contributed by atoms with Crippen LogP contribution in [0.2, 0.25) is 0 Å². The minimum Gasteiger partial charge on any atom is -0.507 e. The Morgan fingerprint density at radius 2 is 1.94 bits per heavy atom. The fraction of sp³-hybridized carbons (Fsp3) is 0.259. The van der Waals surface area contributed by atoms with E-state index in [1.54, 1.807) is 0 Å². The van der Waals surface area contributed by atoms with Gasteiger partial charge in [0.15, 0.2) is 0 Å². The number of ketones is 1. The average molecular weight is 461 g/mol. The van der Waals surface area contributed by atoms with E-state index < -0.39 is 29.3 Å². The number of hydrogen-bond acceptors (Lipinski definition) is 5. The summed E-state index contributed by atoms with van der Waals surface area (Å²) in [5.74, 6) is -2.41. The minimum absolute atomic E-state index is 0.0165. The van der Waals surface area contributed by atoms with Gasteiger partial charge in [-0.15, -0.1) is 0 Å². The van der Waals surface area contributed by atoms with Gasteiger partial charge in [0.05, 0.1) is 30.4 Å². The Morgan fingerprint density at radius 1 is 1.15 bits per heavy atom. The molecule has 0 spiro atoms. The van der Waals surface area contributed by atoms with Crippen LogP contribution >= 0.6 is 0 Å². The molecule has 0 bridgehead atoms. The number of Topliss-reactive ketones (excluding diaryl/α,β-unsaturated/α-hetero) is 1. The first kappa shape index (κ1) is 22.1. The van der Waals surface area contributed by atoms with Crippen LogP contribution in [0.5, 0.6) is 5.75 Å². The lowest BCUT2D eigenvalue weighted by atomic mass is 9.91. The molecule has 2 aliphatic heterocycles. The van der Waals surface area contributed by atoms with Crippen LogP contribution in [-0.4, -0.2) is 48.1 Å². The molecule has 34 heavy (non-hydrogen) atoms. The fourth-order valence-corrected chi connectivity index (χ4v) is 4.90. The third-order valence-corrected chi connectivity index (χ3v) is 6.50. The monoisotopic (exact) mass is 461 g/mol. The Labute approximate surface area is 196 Å². The van der Waals surface area contributed by atoms with Crippen molar-refractivity contribution in [2.24, 2.45) is 0 Å². The van der Waals surface area contributed by atoms with Gasteiger partial charge in [-0.05, 0) is 47.4 Å². The Bertz CT molecular complexity index is 1310. The van der Waals surface area contributed by atoms with Crippen molar-refractivity contribution in [1.82, 2.24) is 4.90 Å². The van der Waals surface area contributed by atoms with Gasteiger partial charge in [-0.3, -0.25) is 9.59 Å². The molecule has 3 aromatic rings. The lowest BCUT2D eigenvalue weighted by Gasteiger charge is -2.28. The molecule has 0 aromatic heterocycles. The van der Waals surface area contributed by atoms with Crippen LogP contribution in [0, 0.1) is 5.82 Å². The van der Waals surface area contributed by atoms with E-state index in [4.69, 9.17) is 9.47 Å². The van der Waals surface area contributed by atoms with Gasteiger partial charge >= 0.3 is 0 Å². The van der Waals surface area contributed by atoms with E-state index in [0.717, 1.165) is 29.7 Å². The Kier molecular flexibility index (Phi) is 5.79. The number of benzene rings is 3. The zero-order valence-electron chi connectivity index (χ0n) is 18.7. The molecule has 0 saturated carbocycles. The molecule has 2 fully saturated rings. The topological polar surface area (TPSA) is 76.1 Å².